The van der Waals surface area contributed by atoms with Crippen LogP contribution in [-0.4, -0.2) is 37.3 Å². The van der Waals surface area contributed by atoms with Gasteiger partial charge in [-0.2, -0.15) is 0 Å². The maximum Gasteiger partial charge on any atom is 0.236 e. The molecule has 34 heavy (non-hydrogen) atoms. The van der Waals surface area contributed by atoms with Gasteiger partial charge in [0.1, 0.15) is 22.1 Å². The first-order valence-corrected chi connectivity index (χ1v) is 11.5. The lowest BCUT2D eigenvalue weighted by Crippen LogP contribution is -2.59. The van der Waals surface area contributed by atoms with Gasteiger partial charge in [-0.05, 0) is 24.1 Å². The lowest BCUT2D eigenvalue weighted by Gasteiger charge is -2.41. The number of hydrogen-bond acceptors (Lipinski definition) is 6. The summed E-state index contributed by atoms with van der Waals surface area (Å²) >= 11 is 12.5. The van der Waals surface area contributed by atoms with E-state index in [2.05, 4.69) is 5.32 Å². The van der Waals surface area contributed by atoms with Gasteiger partial charge < -0.3 is 19.5 Å². The summed E-state index contributed by atoms with van der Waals surface area (Å²) in [7, 11) is 2.85. The third-order valence-corrected chi connectivity index (χ3v) is 7.44. The lowest BCUT2D eigenvalue weighted by atomic mass is 9.66. The number of Topliss-reactive ketones (excluding diaryl/α,β-unsaturated/α-hetero) is 2. The van der Waals surface area contributed by atoms with Gasteiger partial charge in [-0.1, -0.05) is 42.3 Å². The van der Waals surface area contributed by atoms with Crippen molar-refractivity contribution in [2.45, 2.75) is 31.3 Å². The van der Waals surface area contributed by atoms with E-state index in [1.807, 2.05) is 0 Å². The molecule has 0 aromatic heterocycles. The molecule has 2 aromatic carbocycles. The van der Waals surface area contributed by atoms with E-state index in [4.69, 9.17) is 37.4 Å². The molecule has 0 saturated heterocycles. The van der Waals surface area contributed by atoms with Crippen LogP contribution in [0.25, 0.3) is 0 Å². The SMILES string of the molecule is COc1cc(OC)c2c(c1Cl)O[C@@]1(C(=O)C3=C(C[C@H]1C)NC(=O)CC3c1ccc(Cl)cc1)C2=O. The van der Waals surface area contributed by atoms with Crippen molar-refractivity contribution in [1.82, 2.24) is 5.32 Å². The maximum atomic E-state index is 14.2. The second-order valence-corrected chi connectivity index (χ2v) is 9.46. The molecule has 2 heterocycles. The molecule has 1 unspecified atom stereocenters. The van der Waals surface area contributed by atoms with Gasteiger partial charge >= 0.3 is 0 Å². The van der Waals surface area contributed by atoms with Crippen LogP contribution in [0.15, 0.2) is 41.6 Å². The van der Waals surface area contributed by atoms with Crippen LogP contribution >= 0.6 is 23.2 Å². The Balaban J connectivity index is 1.67. The quantitative estimate of drug-likeness (QED) is 0.623. The summed E-state index contributed by atoms with van der Waals surface area (Å²) in [6, 6.07) is 8.48. The van der Waals surface area contributed by atoms with Crippen LogP contribution in [0.4, 0.5) is 0 Å². The zero-order valence-electron chi connectivity index (χ0n) is 18.7. The predicted molar refractivity (Wildman–Crippen MR) is 125 cm³/mol. The van der Waals surface area contributed by atoms with Crippen molar-refractivity contribution in [2.24, 2.45) is 5.92 Å². The minimum absolute atomic E-state index is 0.0648. The minimum Gasteiger partial charge on any atom is -0.496 e. The van der Waals surface area contributed by atoms with Crippen LogP contribution < -0.4 is 19.5 Å². The number of hydrogen-bond donors (Lipinski definition) is 1. The Bertz CT molecular complexity index is 1290. The fraction of sp³-hybridized carbons (Fsp3) is 0.320. The summed E-state index contributed by atoms with van der Waals surface area (Å²) in [4.78, 5) is 40.6. The van der Waals surface area contributed by atoms with Gasteiger partial charge in [-0.3, -0.25) is 14.4 Å². The molecule has 3 atom stereocenters. The standard InChI is InChI=1S/C25H21Cl2NO6/c1-11-8-15-19(14(9-18(29)28-15)12-4-6-13(26)7-5-12)23(30)25(11)24(31)20-16(32-2)10-17(33-3)21(27)22(20)34-25/h4-7,10-11,14H,8-9H2,1-3H3,(H,28,29)/t11-,14?,25+/m1/s1. The summed E-state index contributed by atoms with van der Waals surface area (Å²) in [6.07, 6.45) is 0.337. The lowest BCUT2D eigenvalue weighted by molar-refractivity contribution is -0.131. The molecule has 1 aliphatic carbocycles. The first-order valence-electron chi connectivity index (χ1n) is 10.7. The van der Waals surface area contributed by atoms with Crippen molar-refractivity contribution in [1.29, 1.82) is 0 Å². The molecule has 9 heteroatoms. The van der Waals surface area contributed by atoms with E-state index in [1.54, 1.807) is 31.2 Å². The second-order valence-electron chi connectivity index (χ2n) is 8.65. The maximum absolute atomic E-state index is 14.2. The van der Waals surface area contributed by atoms with Crippen molar-refractivity contribution in [3.05, 3.63) is 62.8 Å². The fourth-order valence-corrected chi connectivity index (χ4v) is 5.56. The average Bonchev–Trinajstić information content (AvgIpc) is 3.13. The van der Waals surface area contributed by atoms with Crippen molar-refractivity contribution in [3.8, 4) is 17.2 Å². The molecular weight excluding hydrogens is 481 g/mol. The number of ketones is 2. The van der Waals surface area contributed by atoms with Crippen LogP contribution in [0.1, 0.15) is 41.6 Å². The number of benzene rings is 2. The van der Waals surface area contributed by atoms with E-state index in [0.717, 1.165) is 5.56 Å². The van der Waals surface area contributed by atoms with E-state index in [9.17, 15) is 14.4 Å². The topological polar surface area (TPSA) is 90.9 Å². The predicted octanol–water partition coefficient (Wildman–Crippen LogP) is 4.49. The highest BCUT2D eigenvalue weighted by Crippen LogP contribution is 2.55. The molecule has 0 radical (unpaired) electrons. The van der Waals surface area contributed by atoms with Crippen LogP contribution in [0, 0.1) is 5.92 Å². The Labute approximate surface area is 206 Å². The summed E-state index contributed by atoms with van der Waals surface area (Å²) in [5.74, 6) is -1.76. The van der Waals surface area contributed by atoms with Crippen LogP contribution in [0.3, 0.4) is 0 Å². The molecule has 1 N–H and O–H groups in total. The zero-order valence-corrected chi connectivity index (χ0v) is 20.2. The molecule has 5 rings (SSSR count). The van der Waals surface area contributed by atoms with E-state index in [0.29, 0.717) is 16.3 Å². The van der Waals surface area contributed by atoms with Crippen molar-refractivity contribution in [2.75, 3.05) is 14.2 Å². The number of fused-ring (bicyclic) bond motifs is 1. The van der Waals surface area contributed by atoms with E-state index in [-0.39, 0.29) is 46.6 Å². The van der Waals surface area contributed by atoms with Crippen LogP contribution in [0.2, 0.25) is 10.0 Å². The molecule has 2 aliphatic heterocycles. The number of nitrogens with one attached hydrogen (secondary N) is 1. The molecule has 1 spiro atoms. The van der Waals surface area contributed by atoms with Gasteiger partial charge in [0.15, 0.2) is 5.75 Å². The number of rotatable bonds is 3. The molecule has 0 bridgehead atoms. The molecule has 176 valence electrons. The largest absolute Gasteiger partial charge is 0.496 e. The van der Waals surface area contributed by atoms with Crippen molar-refractivity contribution < 1.29 is 28.6 Å². The highest BCUT2D eigenvalue weighted by atomic mass is 35.5. The molecule has 2 aromatic rings. The molecule has 3 aliphatic rings. The normalized spacial score (nSPS) is 25.6. The molecular formula is C25H21Cl2NO6. The smallest absolute Gasteiger partial charge is 0.236 e. The Hall–Kier alpha value is -3.03. The molecule has 0 saturated carbocycles. The van der Waals surface area contributed by atoms with Crippen molar-refractivity contribution in [3.63, 3.8) is 0 Å². The third-order valence-electron chi connectivity index (χ3n) is 6.83. The number of allylic oxidation sites excluding steroid dienone is 1. The molecule has 1 amide bonds. The Morgan fingerprint density at radius 1 is 1.00 bits per heavy atom. The summed E-state index contributed by atoms with van der Waals surface area (Å²) in [5.41, 5.74) is -0.0759. The minimum atomic E-state index is -1.82. The number of methoxy groups -OCH3 is 2. The number of carbonyl (C=O) groups excluding carboxylic acids is 3. The Morgan fingerprint density at radius 2 is 1.68 bits per heavy atom. The Kier molecular flexibility index (Phi) is 5.37. The van der Waals surface area contributed by atoms with E-state index >= 15 is 0 Å². The number of halogens is 2. The van der Waals surface area contributed by atoms with Crippen LogP contribution in [0.5, 0.6) is 17.2 Å². The average molecular weight is 502 g/mol. The number of amides is 1. The highest BCUT2D eigenvalue weighted by Gasteiger charge is 2.63. The van der Waals surface area contributed by atoms with Gasteiger partial charge in [0, 0.05) is 40.6 Å². The van der Waals surface area contributed by atoms with Gasteiger partial charge in [0.2, 0.25) is 23.1 Å². The highest BCUT2D eigenvalue weighted by molar-refractivity contribution is 6.36. The second kappa shape index (κ2) is 8.03. The van der Waals surface area contributed by atoms with Gasteiger partial charge in [0.05, 0.1) is 14.2 Å². The summed E-state index contributed by atoms with van der Waals surface area (Å²) < 4.78 is 16.9. The third kappa shape index (κ3) is 3.07. The van der Waals surface area contributed by atoms with Crippen LogP contribution in [-0.2, 0) is 9.59 Å². The number of ether oxygens (including phenoxy) is 3. The van der Waals surface area contributed by atoms with Gasteiger partial charge in [-0.25, -0.2) is 0 Å². The van der Waals surface area contributed by atoms with Crippen molar-refractivity contribution >= 4 is 40.7 Å². The monoisotopic (exact) mass is 501 g/mol. The fourth-order valence-electron chi connectivity index (χ4n) is 5.17. The van der Waals surface area contributed by atoms with E-state index < -0.39 is 29.0 Å². The van der Waals surface area contributed by atoms with Gasteiger partial charge in [-0.15, -0.1) is 0 Å². The number of carbonyl (C=O) groups is 3. The molecule has 7 nitrogen and oxygen atoms in total. The first-order chi connectivity index (χ1) is 16.2. The summed E-state index contributed by atoms with van der Waals surface area (Å²) in [5, 5.41) is 3.47. The van der Waals surface area contributed by atoms with E-state index in [1.165, 1.54) is 20.3 Å². The molecule has 0 fully saturated rings. The Morgan fingerprint density at radius 3 is 2.32 bits per heavy atom. The first kappa shape index (κ1) is 22.7. The summed E-state index contributed by atoms with van der Waals surface area (Å²) in [6.45, 7) is 1.75. The zero-order chi connectivity index (χ0) is 24.4. The van der Waals surface area contributed by atoms with Gasteiger partial charge in [0.25, 0.3) is 0 Å².